The molecule has 0 radical (unpaired) electrons. The van der Waals surface area contributed by atoms with Crippen LogP contribution >= 0.6 is 0 Å². The molecule has 390 valence electrons. The van der Waals surface area contributed by atoms with Crippen molar-refractivity contribution in [3.05, 3.63) is 60.8 Å². The maximum absolute atomic E-state index is 13.0. The van der Waals surface area contributed by atoms with Gasteiger partial charge >= 0.3 is 0 Å². The third kappa shape index (κ3) is 37.4. The molecule has 67 heavy (non-hydrogen) atoms. The van der Waals surface area contributed by atoms with Gasteiger partial charge in [-0.3, -0.25) is 4.79 Å². The van der Waals surface area contributed by atoms with Gasteiger partial charge in [-0.25, -0.2) is 0 Å². The Morgan fingerprint density at radius 1 is 0.507 bits per heavy atom. The smallest absolute Gasteiger partial charge is 0.220 e. The predicted molar refractivity (Wildman–Crippen MR) is 281 cm³/mol. The lowest BCUT2D eigenvalue weighted by molar-refractivity contribution is -0.302. The van der Waals surface area contributed by atoms with E-state index in [0.29, 0.717) is 6.42 Å². The summed E-state index contributed by atoms with van der Waals surface area (Å²) in [5, 5.41) is 54.3. The predicted octanol–water partition coefficient (Wildman–Crippen LogP) is 13.5. The van der Waals surface area contributed by atoms with Gasteiger partial charge in [0.25, 0.3) is 0 Å². The van der Waals surface area contributed by atoms with Gasteiger partial charge in [0.1, 0.15) is 24.4 Å². The topological polar surface area (TPSA) is 149 Å². The van der Waals surface area contributed by atoms with Crippen LogP contribution in [0.15, 0.2) is 60.8 Å². The zero-order valence-corrected chi connectivity index (χ0v) is 43.1. The molecule has 1 heterocycles. The van der Waals surface area contributed by atoms with Crippen LogP contribution in [-0.4, -0.2) is 87.5 Å². The van der Waals surface area contributed by atoms with Crippen LogP contribution < -0.4 is 5.32 Å². The number of rotatable bonds is 47. The van der Waals surface area contributed by atoms with Crippen molar-refractivity contribution in [2.45, 2.75) is 288 Å². The normalized spacial score (nSPS) is 20.1. The van der Waals surface area contributed by atoms with Gasteiger partial charge in [-0.15, -0.1) is 0 Å². The highest BCUT2D eigenvalue weighted by molar-refractivity contribution is 5.76. The zero-order chi connectivity index (χ0) is 48.7. The molecule has 0 aliphatic carbocycles. The molecule has 1 aliphatic heterocycles. The third-order valence-electron chi connectivity index (χ3n) is 13.1. The number of allylic oxidation sites excluding steroid dienone is 9. The van der Waals surface area contributed by atoms with Crippen LogP contribution in [0.5, 0.6) is 0 Å². The van der Waals surface area contributed by atoms with Crippen LogP contribution in [0, 0.1) is 0 Å². The zero-order valence-electron chi connectivity index (χ0n) is 43.1. The summed E-state index contributed by atoms with van der Waals surface area (Å²) in [7, 11) is 0. The lowest BCUT2D eigenvalue weighted by atomic mass is 9.99. The number of hydrogen-bond donors (Lipinski definition) is 6. The molecule has 1 fully saturated rings. The molecule has 0 aromatic rings. The number of amides is 1. The standard InChI is InChI=1S/C58H105NO8/c1-3-5-7-9-11-13-15-17-18-19-20-21-22-23-24-25-26-27-28-29-30-31-32-33-34-36-38-40-42-44-46-48-54(62)59-51(50-66-58-57(65)56(64)55(63)53(49-60)67-58)52(61)47-45-43-41-39-37-35-16-14-12-10-8-6-4-2/h15,17,19-20,22-23,37,39,45,47,51-53,55-58,60-61,63-65H,3-14,16,18,21,24-36,38,40-44,46,48-50H2,1-2H3,(H,59,62)/b17-15-,20-19-,23-22-,39-37+,47-45+. The molecule has 7 unspecified atom stereocenters. The maximum Gasteiger partial charge on any atom is 0.220 e. The first-order chi connectivity index (χ1) is 32.8. The second-order valence-corrected chi connectivity index (χ2v) is 19.4. The van der Waals surface area contributed by atoms with Gasteiger partial charge in [-0.2, -0.15) is 0 Å². The molecule has 1 rings (SSSR count). The first-order valence-corrected chi connectivity index (χ1v) is 28.0. The van der Waals surface area contributed by atoms with E-state index < -0.39 is 49.5 Å². The highest BCUT2D eigenvalue weighted by Crippen LogP contribution is 2.23. The molecular formula is C58H105NO8. The van der Waals surface area contributed by atoms with Crippen molar-refractivity contribution in [1.82, 2.24) is 5.32 Å². The Hall–Kier alpha value is -2.11. The molecule has 0 spiro atoms. The highest BCUT2D eigenvalue weighted by atomic mass is 16.7. The van der Waals surface area contributed by atoms with Crippen molar-refractivity contribution >= 4 is 5.91 Å². The summed E-state index contributed by atoms with van der Waals surface area (Å²) in [5.41, 5.74) is 0. The molecule has 1 saturated heterocycles. The fourth-order valence-electron chi connectivity index (χ4n) is 8.59. The SMILES string of the molecule is CCCCCCC/C=C\C/C=C\C/C=C\CCCCCCCCCCCCCCCCCCC(=O)NC(COC1OC(CO)C(O)C(O)C1O)C(O)/C=C/CC/C=C/CCCCCCCCC. The van der Waals surface area contributed by atoms with E-state index in [4.69, 9.17) is 9.47 Å². The number of aliphatic hydroxyl groups is 5. The monoisotopic (exact) mass is 944 g/mol. The second kappa shape index (κ2) is 47.6. The van der Waals surface area contributed by atoms with Gasteiger partial charge in [0.2, 0.25) is 5.91 Å². The highest BCUT2D eigenvalue weighted by Gasteiger charge is 2.44. The molecule has 1 amide bonds. The molecule has 0 aromatic heterocycles. The van der Waals surface area contributed by atoms with E-state index in [0.717, 1.165) is 51.4 Å². The van der Waals surface area contributed by atoms with E-state index in [-0.39, 0.29) is 12.5 Å². The minimum atomic E-state index is -1.57. The Balaban J connectivity index is 2.16. The summed E-state index contributed by atoms with van der Waals surface area (Å²) in [4.78, 5) is 13.0. The number of carbonyl (C=O) groups excluding carboxylic acids is 1. The quantitative estimate of drug-likeness (QED) is 0.0261. The van der Waals surface area contributed by atoms with Crippen molar-refractivity contribution in [3.63, 3.8) is 0 Å². The van der Waals surface area contributed by atoms with Gasteiger partial charge in [0.15, 0.2) is 6.29 Å². The van der Waals surface area contributed by atoms with Crippen molar-refractivity contribution in [3.8, 4) is 0 Å². The molecule has 0 saturated carbocycles. The molecule has 0 aromatic carbocycles. The largest absolute Gasteiger partial charge is 0.394 e. The molecular weight excluding hydrogens is 839 g/mol. The Kier molecular flexibility index (Phi) is 44.7. The number of hydrogen-bond acceptors (Lipinski definition) is 8. The second-order valence-electron chi connectivity index (χ2n) is 19.4. The van der Waals surface area contributed by atoms with Crippen LogP contribution in [0.4, 0.5) is 0 Å². The van der Waals surface area contributed by atoms with Crippen molar-refractivity contribution in [2.24, 2.45) is 0 Å². The third-order valence-corrected chi connectivity index (χ3v) is 13.1. The van der Waals surface area contributed by atoms with Crippen LogP contribution in [0.2, 0.25) is 0 Å². The fraction of sp³-hybridized carbons (Fsp3) is 0.810. The van der Waals surface area contributed by atoms with Gasteiger partial charge in [-0.05, 0) is 70.6 Å². The number of nitrogens with one attached hydrogen (secondary N) is 1. The minimum Gasteiger partial charge on any atom is -0.394 e. The van der Waals surface area contributed by atoms with E-state index in [1.54, 1.807) is 6.08 Å². The summed E-state index contributed by atoms with van der Waals surface area (Å²) in [6.45, 7) is 3.74. The van der Waals surface area contributed by atoms with Crippen LogP contribution in [-0.2, 0) is 14.3 Å². The van der Waals surface area contributed by atoms with Gasteiger partial charge in [0.05, 0.1) is 25.4 Å². The van der Waals surface area contributed by atoms with Crippen molar-refractivity contribution in [1.29, 1.82) is 0 Å². The van der Waals surface area contributed by atoms with Gasteiger partial charge in [-0.1, -0.05) is 229 Å². The molecule has 1 aliphatic rings. The first kappa shape index (κ1) is 62.9. The average molecular weight is 944 g/mol. The molecule has 9 nitrogen and oxygen atoms in total. The summed E-state index contributed by atoms with van der Waals surface area (Å²) in [6.07, 6.45) is 57.2. The van der Waals surface area contributed by atoms with Crippen molar-refractivity contribution in [2.75, 3.05) is 13.2 Å². The van der Waals surface area contributed by atoms with Gasteiger partial charge in [0, 0.05) is 6.42 Å². The van der Waals surface area contributed by atoms with E-state index in [9.17, 15) is 30.3 Å². The Labute approximate surface area is 411 Å². The molecule has 0 bridgehead atoms. The van der Waals surface area contributed by atoms with E-state index in [1.165, 1.54) is 173 Å². The summed E-state index contributed by atoms with van der Waals surface area (Å²) < 4.78 is 11.2. The fourth-order valence-corrected chi connectivity index (χ4v) is 8.59. The Morgan fingerprint density at radius 2 is 0.896 bits per heavy atom. The first-order valence-electron chi connectivity index (χ1n) is 28.0. The number of unbranched alkanes of at least 4 members (excludes halogenated alkanes) is 29. The number of ether oxygens (including phenoxy) is 2. The Morgan fingerprint density at radius 3 is 1.36 bits per heavy atom. The van der Waals surface area contributed by atoms with Crippen molar-refractivity contribution < 1.29 is 39.8 Å². The summed E-state index contributed by atoms with van der Waals surface area (Å²) in [5.74, 6) is -0.188. The average Bonchev–Trinajstić information content (AvgIpc) is 3.33. The van der Waals surface area contributed by atoms with E-state index in [1.807, 2.05) is 6.08 Å². The molecule has 6 N–H and O–H groups in total. The maximum atomic E-state index is 13.0. The van der Waals surface area contributed by atoms with E-state index >= 15 is 0 Å². The Bertz CT molecular complexity index is 1230. The van der Waals surface area contributed by atoms with Gasteiger partial charge < -0.3 is 40.3 Å². The lowest BCUT2D eigenvalue weighted by Crippen LogP contribution is -2.60. The van der Waals surface area contributed by atoms with E-state index in [2.05, 4.69) is 67.8 Å². The van der Waals surface area contributed by atoms with Crippen LogP contribution in [0.3, 0.4) is 0 Å². The minimum absolute atomic E-state index is 0.188. The number of carbonyl (C=O) groups is 1. The van der Waals surface area contributed by atoms with Crippen LogP contribution in [0.25, 0.3) is 0 Å². The molecule has 7 atom stereocenters. The molecule has 9 heteroatoms. The summed E-state index contributed by atoms with van der Waals surface area (Å²) >= 11 is 0. The summed E-state index contributed by atoms with van der Waals surface area (Å²) in [6, 6.07) is -0.822. The number of aliphatic hydroxyl groups excluding tert-OH is 5. The lowest BCUT2D eigenvalue weighted by Gasteiger charge is -2.40. The van der Waals surface area contributed by atoms with Crippen LogP contribution in [0.1, 0.15) is 245 Å².